The number of nitrogens with zero attached hydrogens (tertiary/aromatic N) is 2. The highest BCUT2D eigenvalue weighted by Gasteiger charge is 2.53. The van der Waals surface area contributed by atoms with Crippen molar-refractivity contribution in [2.24, 2.45) is 23.2 Å². The van der Waals surface area contributed by atoms with Crippen LogP contribution < -0.4 is 5.32 Å². The number of rotatable bonds is 9. The second-order valence-electron chi connectivity index (χ2n) is 10.1. The summed E-state index contributed by atoms with van der Waals surface area (Å²) in [6.45, 7) is 8.40. The summed E-state index contributed by atoms with van der Waals surface area (Å²) in [4.78, 5) is 13.2. The molecule has 3 aliphatic carbocycles. The fraction of sp³-hybridized carbons (Fsp3) is 0.615. The van der Waals surface area contributed by atoms with Crippen LogP contribution in [0, 0.1) is 30.1 Å². The molecule has 0 spiro atoms. The van der Waals surface area contributed by atoms with E-state index in [-0.39, 0.29) is 5.91 Å². The first-order valence-electron chi connectivity index (χ1n) is 11.9. The SMILES string of the molecule is Cc1c(C(=O)NCC2CCC3CC2C3(C)C)nn(CCCCCCl)c1-c1ccccc1. The molecule has 1 heterocycles. The maximum absolute atomic E-state index is 13.2. The number of hydrogen-bond acceptors (Lipinski definition) is 2. The number of hydrogen-bond donors (Lipinski definition) is 1. The molecule has 5 heteroatoms. The molecule has 1 aromatic heterocycles. The van der Waals surface area contributed by atoms with E-state index in [1.54, 1.807) is 0 Å². The van der Waals surface area contributed by atoms with Crippen LogP contribution in [-0.4, -0.2) is 28.1 Å². The molecule has 1 N–H and O–H groups in total. The Morgan fingerprint density at radius 2 is 1.97 bits per heavy atom. The average Bonchev–Trinajstić information content (AvgIpc) is 3.11. The van der Waals surface area contributed by atoms with Gasteiger partial charge in [0.2, 0.25) is 0 Å². The van der Waals surface area contributed by atoms with Crippen LogP contribution in [0.1, 0.15) is 68.4 Å². The van der Waals surface area contributed by atoms with Gasteiger partial charge in [-0.25, -0.2) is 0 Å². The number of alkyl halides is 1. The molecular weight excluding hydrogens is 406 g/mol. The lowest BCUT2D eigenvalue weighted by molar-refractivity contribution is -0.103. The summed E-state index contributed by atoms with van der Waals surface area (Å²) >= 11 is 5.84. The number of fused-ring (bicyclic) bond motifs is 2. The standard InChI is InChI=1S/C26H36ClN3O/c1-18-23(25(31)28-17-20-12-13-21-16-22(20)26(21,2)3)29-30(15-9-5-8-14-27)24(18)19-10-6-4-7-11-19/h4,6-7,10-11,20-22H,5,8-9,12-17H2,1-3H3,(H,28,31). The monoisotopic (exact) mass is 441 g/mol. The van der Waals surface area contributed by atoms with Gasteiger partial charge in [-0.3, -0.25) is 9.48 Å². The van der Waals surface area contributed by atoms with Gasteiger partial charge in [0.25, 0.3) is 5.91 Å². The number of aryl methyl sites for hydroxylation is 1. The second kappa shape index (κ2) is 9.36. The first-order valence-corrected chi connectivity index (χ1v) is 12.4. The average molecular weight is 442 g/mol. The molecule has 3 unspecified atom stereocenters. The Balaban J connectivity index is 1.49. The second-order valence-corrected chi connectivity index (χ2v) is 10.4. The predicted molar refractivity (Wildman–Crippen MR) is 127 cm³/mol. The smallest absolute Gasteiger partial charge is 0.272 e. The first kappa shape index (κ1) is 22.4. The van der Waals surface area contributed by atoms with E-state index < -0.39 is 0 Å². The summed E-state index contributed by atoms with van der Waals surface area (Å²) in [5, 5.41) is 8.02. The molecule has 3 aliphatic rings. The Kier molecular flexibility index (Phi) is 6.76. The van der Waals surface area contributed by atoms with Crippen molar-refractivity contribution in [1.29, 1.82) is 0 Å². The normalized spacial score (nSPS) is 23.9. The largest absolute Gasteiger partial charge is 0.350 e. The molecule has 1 aromatic carbocycles. The van der Waals surface area contributed by atoms with Crippen molar-refractivity contribution in [3.8, 4) is 11.3 Å². The number of halogens is 1. The van der Waals surface area contributed by atoms with Gasteiger partial charge in [0.05, 0.1) is 5.69 Å². The van der Waals surface area contributed by atoms with Crippen molar-refractivity contribution in [2.75, 3.05) is 12.4 Å². The summed E-state index contributed by atoms with van der Waals surface area (Å²) < 4.78 is 2.02. The molecule has 3 fully saturated rings. The summed E-state index contributed by atoms with van der Waals surface area (Å²) in [7, 11) is 0. The summed E-state index contributed by atoms with van der Waals surface area (Å²) in [6.07, 6.45) is 6.96. The van der Waals surface area contributed by atoms with Crippen molar-refractivity contribution in [1.82, 2.24) is 15.1 Å². The van der Waals surface area contributed by atoms with Crippen LogP contribution in [0.3, 0.4) is 0 Å². The summed E-state index contributed by atoms with van der Waals surface area (Å²) in [5.41, 5.74) is 4.14. The van der Waals surface area contributed by atoms with E-state index in [0.717, 1.165) is 61.0 Å². The van der Waals surface area contributed by atoms with E-state index in [1.807, 2.05) is 29.8 Å². The van der Waals surface area contributed by atoms with Crippen molar-refractivity contribution in [2.45, 2.75) is 65.8 Å². The van der Waals surface area contributed by atoms with Gasteiger partial charge >= 0.3 is 0 Å². The Morgan fingerprint density at radius 1 is 1.19 bits per heavy atom. The maximum atomic E-state index is 13.2. The molecular formula is C26H36ClN3O. The van der Waals surface area contributed by atoms with Crippen LogP contribution in [0.5, 0.6) is 0 Å². The van der Waals surface area contributed by atoms with Gasteiger partial charge in [-0.15, -0.1) is 11.6 Å². The van der Waals surface area contributed by atoms with Gasteiger partial charge < -0.3 is 5.32 Å². The van der Waals surface area contributed by atoms with E-state index in [2.05, 4.69) is 31.3 Å². The van der Waals surface area contributed by atoms with Crippen LogP contribution in [0.25, 0.3) is 11.3 Å². The Bertz CT molecular complexity index is 903. The topological polar surface area (TPSA) is 46.9 Å². The van der Waals surface area contributed by atoms with Crippen LogP contribution >= 0.6 is 11.6 Å². The van der Waals surface area contributed by atoms with Gasteiger partial charge in [-0.05, 0) is 62.2 Å². The molecule has 168 valence electrons. The Labute approximate surface area is 191 Å². The minimum atomic E-state index is -0.0338. The maximum Gasteiger partial charge on any atom is 0.272 e. The highest BCUT2D eigenvalue weighted by atomic mass is 35.5. The zero-order valence-electron chi connectivity index (χ0n) is 19.2. The van der Waals surface area contributed by atoms with Gasteiger partial charge in [-0.2, -0.15) is 5.10 Å². The Hall–Kier alpha value is -1.81. The van der Waals surface area contributed by atoms with Gasteiger partial charge in [-0.1, -0.05) is 50.6 Å². The van der Waals surface area contributed by atoms with E-state index in [1.165, 1.54) is 19.3 Å². The summed E-state index contributed by atoms with van der Waals surface area (Å²) in [5.74, 6) is 2.88. The third-order valence-electron chi connectivity index (χ3n) is 7.98. The molecule has 0 radical (unpaired) electrons. The van der Waals surface area contributed by atoms with E-state index in [9.17, 15) is 4.79 Å². The Morgan fingerprint density at radius 3 is 2.65 bits per heavy atom. The van der Waals surface area contributed by atoms with Gasteiger partial charge in [0, 0.05) is 30.1 Å². The van der Waals surface area contributed by atoms with Crippen LogP contribution in [0.15, 0.2) is 30.3 Å². The number of unbranched alkanes of at least 4 members (excludes halogenated alkanes) is 2. The number of nitrogens with one attached hydrogen (secondary N) is 1. The van der Waals surface area contributed by atoms with E-state index in [0.29, 0.717) is 22.9 Å². The zero-order valence-corrected chi connectivity index (χ0v) is 19.9. The van der Waals surface area contributed by atoms with Gasteiger partial charge in [0.1, 0.15) is 0 Å². The highest BCUT2D eigenvalue weighted by Crippen LogP contribution is 2.61. The van der Waals surface area contributed by atoms with Crippen LogP contribution in [0.4, 0.5) is 0 Å². The molecule has 5 rings (SSSR count). The third kappa shape index (κ3) is 4.41. The van der Waals surface area contributed by atoms with Crippen molar-refractivity contribution in [3.05, 3.63) is 41.6 Å². The van der Waals surface area contributed by atoms with E-state index >= 15 is 0 Å². The number of carbonyl (C=O) groups excluding carboxylic acids is 1. The number of amides is 1. The first-order chi connectivity index (χ1) is 14.9. The molecule has 0 saturated heterocycles. The molecule has 4 nitrogen and oxygen atoms in total. The van der Waals surface area contributed by atoms with Gasteiger partial charge in [0.15, 0.2) is 5.69 Å². The lowest BCUT2D eigenvalue weighted by Crippen LogP contribution is -2.54. The zero-order chi connectivity index (χ0) is 22.0. The molecule has 3 saturated carbocycles. The molecule has 31 heavy (non-hydrogen) atoms. The molecule has 1 amide bonds. The lowest BCUT2D eigenvalue weighted by atomic mass is 9.45. The molecule has 3 atom stereocenters. The molecule has 0 aliphatic heterocycles. The molecule has 2 aromatic rings. The van der Waals surface area contributed by atoms with Crippen molar-refractivity contribution >= 4 is 17.5 Å². The fourth-order valence-corrected chi connectivity index (χ4v) is 6.13. The lowest BCUT2D eigenvalue weighted by Gasteiger charge is -2.60. The number of carbonyl (C=O) groups is 1. The quantitative estimate of drug-likeness (QED) is 0.379. The summed E-state index contributed by atoms with van der Waals surface area (Å²) in [6, 6.07) is 10.3. The van der Waals surface area contributed by atoms with Crippen LogP contribution in [0.2, 0.25) is 0 Å². The fourth-order valence-electron chi connectivity index (χ4n) is 5.94. The van der Waals surface area contributed by atoms with Crippen molar-refractivity contribution < 1.29 is 4.79 Å². The third-order valence-corrected chi connectivity index (χ3v) is 8.25. The number of benzene rings is 1. The predicted octanol–water partition coefficient (Wildman–Crippen LogP) is 6.07. The van der Waals surface area contributed by atoms with Crippen LogP contribution in [-0.2, 0) is 6.54 Å². The minimum absolute atomic E-state index is 0.0338. The number of aromatic nitrogens is 2. The van der Waals surface area contributed by atoms with Crippen molar-refractivity contribution in [3.63, 3.8) is 0 Å². The van der Waals surface area contributed by atoms with E-state index in [4.69, 9.17) is 16.7 Å². The highest BCUT2D eigenvalue weighted by molar-refractivity contribution is 6.17. The molecule has 2 bridgehead atoms. The minimum Gasteiger partial charge on any atom is -0.350 e.